The number of aliphatic hydroxyl groups is 1. The Morgan fingerprint density at radius 1 is 0.917 bits per heavy atom. The molecule has 0 unspecified atom stereocenters. The minimum atomic E-state index is -0.686. The quantitative estimate of drug-likeness (QED) is 0.650. The zero-order valence-corrected chi connectivity index (χ0v) is 13.2. The van der Waals surface area contributed by atoms with Gasteiger partial charge in [-0.15, -0.1) is 0 Å². The molecule has 4 N–H and O–H groups in total. The molecule has 0 radical (unpaired) electrons. The largest absolute Gasteiger partial charge is 0.386 e. The lowest BCUT2D eigenvalue weighted by molar-refractivity contribution is 0.127. The first kappa shape index (κ1) is 16.1. The average Bonchev–Trinajstić information content (AvgIpc) is 2.63. The Labute approximate surface area is 141 Å². The van der Waals surface area contributed by atoms with Crippen molar-refractivity contribution in [2.75, 3.05) is 5.73 Å². The first-order valence-corrected chi connectivity index (χ1v) is 7.83. The third kappa shape index (κ3) is 3.95. The van der Waals surface area contributed by atoms with Crippen molar-refractivity contribution in [3.8, 4) is 0 Å². The highest BCUT2D eigenvalue weighted by Crippen LogP contribution is 2.28. The molecular weight excluding hydrogens is 300 g/mol. The summed E-state index contributed by atoms with van der Waals surface area (Å²) in [6.07, 6.45) is 0.944. The zero-order chi connectivity index (χ0) is 16.8. The van der Waals surface area contributed by atoms with E-state index in [1.807, 2.05) is 60.7 Å². The van der Waals surface area contributed by atoms with E-state index in [2.05, 4.69) is 15.3 Å². The monoisotopic (exact) mass is 320 g/mol. The summed E-state index contributed by atoms with van der Waals surface area (Å²) in [7, 11) is 0. The predicted octanol–water partition coefficient (Wildman–Crippen LogP) is 2.62. The van der Waals surface area contributed by atoms with E-state index in [4.69, 9.17) is 5.73 Å². The molecule has 5 heteroatoms. The molecule has 0 saturated heterocycles. The van der Waals surface area contributed by atoms with Crippen LogP contribution < -0.4 is 11.1 Å². The highest BCUT2D eigenvalue weighted by atomic mass is 16.3. The number of nitrogen functional groups attached to an aromatic ring is 1. The van der Waals surface area contributed by atoms with Gasteiger partial charge in [-0.2, -0.15) is 0 Å². The van der Waals surface area contributed by atoms with Gasteiger partial charge in [0.1, 0.15) is 11.6 Å². The molecule has 0 saturated carbocycles. The van der Waals surface area contributed by atoms with Crippen LogP contribution in [-0.4, -0.2) is 15.1 Å². The Morgan fingerprint density at radius 2 is 1.54 bits per heavy atom. The Balaban J connectivity index is 1.82. The van der Waals surface area contributed by atoms with Crippen molar-refractivity contribution in [3.05, 3.63) is 89.9 Å². The van der Waals surface area contributed by atoms with Gasteiger partial charge in [-0.05, 0) is 17.2 Å². The summed E-state index contributed by atoms with van der Waals surface area (Å²) in [5, 5.41) is 14.2. The number of nitrogens with two attached hydrogens (primary N) is 1. The molecule has 2 atom stereocenters. The lowest BCUT2D eigenvalue weighted by Gasteiger charge is -2.25. The second-order valence-corrected chi connectivity index (χ2v) is 5.52. The molecule has 1 aromatic heterocycles. The number of nitrogens with one attached hydrogen (secondary N) is 1. The second kappa shape index (κ2) is 7.68. The summed E-state index contributed by atoms with van der Waals surface area (Å²) in [6, 6.07) is 20.8. The van der Waals surface area contributed by atoms with Crippen molar-refractivity contribution in [2.24, 2.45) is 0 Å². The van der Waals surface area contributed by atoms with Gasteiger partial charge in [0, 0.05) is 6.20 Å². The number of anilines is 1. The fourth-order valence-electron chi connectivity index (χ4n) is 2.62. The van der Waals surface area contributed by atoms with Gasteiger partial charge in [0.2, 0.25) is 0 Å². The number of aromatic nitrogens is 2. The van der Waals surface area contributed by atoms with Gasteiger partial charge < -0.3 is 16.2 Å². The number of benzene rings is 2. The van der Waals surface area contributed by atoms with Crippen LogP contribution in [0.5, 0.6) is 0 Å². The Bertz CT molecular complexity index is 765. The second-order valence-electron chi connectivity index (χ2n) is 5.52. The molecule has 122 valence electrons. The number of nitrogens with zero attached hydrogens (tertiary/aromatic N) is 2. The van der Waals surface area contributed by atoms with Gasteiger partial charge in [-0.25, -0.2) is 9.97 Å². The summed E-state index contributed by atoms with van der Waals surface area (Å²) in [4.78, 5) is 8.40. The standard InChI is InChI=1S/C19H20N4O/c20-16-11-12-21-17(23-16)13-22-18(14-7-3-1-4-8-14)19(24)15-9-5-2-6-10-15/h1-12,18-19,22,24H,13H2,(H2,20,21,23)/t18-,19+/m1/s1. The van der Waals surface area contributed by atoms with Crippen LogP contribution >= 0.6 is 0 Å². The van der Waals surface area contributed by atoms with Crippen molar-refractivity contribution >= 4 is 5.82 Å². The summed E-state index contributed by atoms with van der Waals surface area (Å²) >= 11 is 0. The van der Waals surface area contributed by atoms with Crippen LogP contribution in [0.15, 0.2) is 72.9 Å². The molecule has 0 aliphatic carbocycles. The van der Waals surface area contributed by atoms with Crippen molar-refractivity contribution in [2.45, 2.75) is 18.7 Å². The highest BCUT2D eigenvalue weighted by Gasteiger charge is 2.22. The van der Waals surface area contributed by atoms with Gasteiger partial charge in [0.05, 0.1) is 18.7 Å². The normalized spacial score (nSPS) is 13.4. The first-order chi connectivity index (χ1) is 11.7. The van der Waals surface area contributed by atoms with E-state index in [-0.39, 0.29) is 6.04 Å². The molecule has 0 spiro atoms. The minimum absolute atomic E-state index is 0.279. The molecule has 0 amide bonds. The van der Waals surface area contributed by atoms with E-state index in [1.165, 1.54) is 0 Å². The van der Waals surface area contributed by atoms with Crippen molar-refractivity contribution in [3.63, 3.8) is 0 Å². The first-order valence-electron chi connectivity index (χ1n) is 7.83. The molecule has 3 rings (SSSR count). The fourth-order valence-corrected chi connectivity index (χ4v) is 2.62. The van der Waals surface area contributed by atoms with Crippen LogP contribution in [0.3, 0.4) is 0 Å². The van der Waals surface area contributed by atoms with E-state index in [9.17, 15) is 5.11 Å². The number of hydrogen-bond acceptors (Lipinski definition) is 5. The molecule has 0 bridgehead atoms. The smallest absolute Gasteiger partial charge is 0.144 e. The topological polar surface area (TPSA) is 84.1 Å². The number of aliphatic hydroxyl groups excluding tert-OH is 1. The Hall–Kier alpha value is -2.76. The molecule has 0 aliphatic heterocycles. The summed E-state index contributed by atoms with van der Waals surface area (Å²) in [5.74, 6) is 1.03. The molecular formula is C19H20N4O. The Kier molecular flexibility index (Phi) is 5.15. The van der Waals surface area contributed by atoms with E-state index >= 15 is 0 Å². The Morgan fingerprint density at radius 3 is 2.17 bits per heavy atom. The summed E-state index contributed by atoms with van der Waals surface area (Å²) in [5.41, 5.74) is 7.55. The lowest BCUT2D eigenvalue weighted by atomic mass is 9.96. The van der Waals surface area contributed by atoms with Crippen molar-refractivity contribution in [1.82, 2.24) is 15.3 Å². The number of rotatable bonds is 6. The van der Waals surface area contributed by atoms with Crippen LogP contribution in [0.25, 0.3) is 0 Å². The summed E-state index contributed by atoms with van der Waals surface area (Å²) in [6.45, 7) is 0.411. The van der Waals surface area contributed by atoms with Gasteiger partial charge >= 0.3 is 0 Å². The third-order valence-corrected chi connectivity index (χ3v) is 3.82. The van der Waals surface area contributed by atoms with Gasteiger partial charge in [0.25, 0.3) is 0 Å². The van der Waals surface area contributed by atoms with Crippen LogP contribution in [0.1, 0.15) is 29.1 Å². The van der Waals surface area contributed by atoms with Crippen LogP contribution in [0.4, 0.5) is 5.82 Å². The van der Waals surface area contributed by atoms with Crippen LogP contribution in [-0.2, 0) is 6.54 Å². The van der Waals surface area contributed by atoms with E-state index < -0.39 is 6.10 Å². The molecule has 0 aliphatic rings. The maximum Gasteiger partial charge on any atom is 0.144 e. The molecule has 2 aromatic carbocycles. The fraction of sp³-hybridized carbons (Fsp3) is 0.158. The molecule has 5 nitrogen and oxygen atoms in total. The molecule has 24 heavy (non-hydrogen) atoms. The van der Waals surface area contributed by atoms with E-state index in [0.29, 0.717) is 18.2 Å². The van der Waals surface area contributed by atoms with Crippen LogP contribution in [0.2, 0.25) is 0 Å². The van der Waals surface area contributed by atoms with Crippen molar-refractivity contribution < 1.29 is 5.11 Å². The maximum absolute atomic E-state index is 10.8. The highest BCUT2D eigenvalue weighted by molar-refractivity contribution is 5.27. The van der Waals surface area contributed by atoms with E-state index in [0.717, 1.165) is 11.1 Å². The SMILES string of the molecule is Nc1ccnc(CN[C@H](c2ccccc2)[C@@H](O)c2ccccc2)n1. The molecule has 3 aromatic rings. The summed E-state index contributed by atoms with van der Waals surface area (Å²) < 4.78 is 0. The molecule has 0 fully saturated rings. The van der Waals surface area contributed by atoms with Gasteiger partial charge in [-0.3, -0.25) is 0 Å². The zero-order valence-electron chi connectivity index (χ0n) is 13.2. The predicted molar refractivity (Wildman–Crippen MR) is 93.9 cm³/mol. The number of hydrogen-bond donors (Lipinski definition) is 3. The van der Waals surface area contributed by atoms with Crippen LogP contribution in [0, 0.1) is 0 Å². The van der Waals surface area contributed by atoms with Gasteiger partial charge in [0.15, 0.2) is 0 Å². The molecule has 1 heterocycles. The van der Waals surface area contributed by atoms with Gasteiger partial charge in [-0.1, -0.05) is 60.7 Å². The van der Waals surface area contributed by atoms with E-state index in [1.54, 1.807) is 12.3 Å². The minimum Gasteiger partial charge on any atom is -0.386 e. The van der Waals surface area contributed by atoms with Crippen molar-refractivity contribution in [1.29, 1.82) is 0 Å². The third-order valence-electron chi connectivity index (χ3n) is 3.82. The maximum atomic E-state index is 10.8. The lowest BCUT2D eigenvalue weighted by Crippen LogP contribution is -2.27. The average molecular weight is 320 g/mol.